The molecule has 0 fully saturated rings. The number of hydrogen-bond donors (Lipinski definition) is 2. The highest BCUT2D eigenvalue weighted by atomic mass is 16.5. The molecule has 3 rings (SSSR count). The highest BCUT2D eigenvalue weighted by Crippen LogP contribution is 2.43. The molecule has 0 saturated heterocycles. The number of anilines is 2. The summed E-state index contributed by atoms with van der Waals surface area (Å²) in [5.41, 5.74) is 1.33. The Morgan fingerprint density at radius 2 is 2.05 bits per heavy atom. The standard InChI is InChI=1S/C14H8N2O3/c15-7-8-5-9(14(17)18)13-12(6-8)19-11-4-2-1-3-10(11)16-13/h1-6,16H,(H,17,18). The van der Waals surface area contributed by atoms with Gasteiger partial charge in [0.25, 0.3) is 0 Å². The topological polar surface area (TPSA) is 82.4 Å². The van der Waals surface area contributed by atoms with Gasteiger partial charge in [-0.25, -0.2) is 4.79 Å². The van der Waals surface area contributed by atoms with Crippen molar-refractivity contribution in [1.82, 2.24) is 0 Å². The summed E-state index contributed by atoms with van der Waals surface area (Å²) >= 11 is 0. The molecule has 0 spiro atoms. The molecule has 1 heterocycles. The van der Waals surface area contributed by atoms with Gasteiger partial charge in [-0.05, 0) is 18.2 Å². The van der Waals surface area contributed by atoms with E-state index in [0.717, 1.165) is 0 Å². The molecule has 2 aromatic carbocycles. The van der Waals surface area contributed by atoms with Gasteiger partial charge in [0.05, 0.1) is 28.6 Å². The second kappa shape index (κ2) is 4.03. The summed E-state index contributed by atoms with van der Waals surface area (Å²) in [6, 6.07) is 12.0. The van der Waals surface area contributed by atoms with Gasteiger partial charge in [0.2, 0.25) is 0 Å². The first kappa shape index (κ1) is 11.1. The van der Waals surface area contributed by atoms with Gasteiger partial charge in [-0.1, -0.05) is 12.1 Å². The number of hydrogen-bond acceptors (Lipinski definition) is 4. The van der Waals surface area contributed by atoms with Crippen molar-refractivity contribution in [2.45, 2.75) is 0 Å². The summed E-state index contributed by atoms with van der Waals surface area (Å²) in [4.78, 5) is 11.2. The number of rotatable bonds is 1. The molecule has 0 radical (unpaired) electrons. The van der Waals surface area contributed by atoms with Crippen LogP contribution in [-0.2, 0) is 0 Å². The monoisotopic (exact) mass is 252 g/mol. The quantitative estimate of drug-likeness (QED) is 0.695. The lowest BCUT2D eigenvalue weighted by molar-refractivity contribution is 0.0697. The van der Waals surface area contributed by atoms with Crippen LogP contribution in [0.2, 0.25) is 0 Å². The molecule has 1 aliphatic rings. The van der Waals surface area contributed by atoms with E-state index in [2.05, 4.69) is 5.32 Å². The van der Waals surface area contributed by atoms with E-state index >= 15 is 0 Å². The SMILES string of the molecule is N#Cc1cc2c(c(C(=O)O)c1)Nc1ccccc1O2. The van der Waals surface area contributed by atoms with Crippen LogP contribution in [-0.4, -0.2) is 11.1 Å². The second-order valence-electron chi connectivity index (χ2n) is 4.04. The minimum atomic E-state index is -1.11. The summed E-state index contributed by atoms with van der Waals surface area (Å²) in [7, 11) is 0. The molecule has 19 heavy (non-hydrogen) atoms. The Bertz CT molecular complexity index is 732. The first-order valence-electron chi connectivity index (χ1n) is 5.54. The number of nitriles is 1. The lowest BCUT2D eigenvalue weighted by Crippen LogP contribution is -2.09. The van der Waals surface area contributed by atoms with E-state index in [1.807, 2.05) is 18.2 Å². The number of benzene rings is 2. The molecule has 5 nitrogen and oxygen atoms in total. The molecule has 0 aliphatic carbocycles. The molecular weight excluding hydrogens is 244 g/mol. The predicted octanol–water partition coefficient (Wildman–Crippen LogP) is 3.11. The maximum absolute atomic E-state index is 11.2. The van der Waals surface area contributed by atoms with Gasteiger partial charge in [-0.3, -0.25) is 0 Å². The Labute approximate surface area is 108 Å². The van der Waals surface area contributed by atoms with Crippen molar-refractivity contribution in [1.29, 1.82) is 5.26 Å². The molecule has 2 aromatic rings. The zero-order chi connectivity index (χ0) is 13.4. The van der Waals surface area contributed by atoms with Gasteiger partial charge >= 0.3 is 5.97 Å². The van der Waals surface area contributed by atoms with Crippen LogP contribution >= 0.6 is 0 Å². The minimum Gasteiger partial charge on any atom is -0.478 e. The number of nitrogens with zero attached hydrogens (tertiary/aromatic N) is 1. The highest BCUT2D eigenvalue weighted by Gasteiger charge is 2.23. The summed E-state index contributed by atoms with van der Waals surface area (Å²) < 4.78 is 5.63. The summed E-state index contributed by atoms with van der Waals surface area (Å²) in [6.45, 7) is 0. The molecule has 0 saturated carbocycles. The number of para-hydroxylation sites is 2. The molecule has 0 bridgehead atoms. The zero-order valence-corrected chi connectivity index (χ0v) is 9.68. The van der Waals surface area contributed by atoms with Gasteiger partial charge < -0.3 is 15.2 Å². The molecule has 5 heteroatoms. The Morgan fingerprint density at radius 1 is 1.26 bits per heavy atom. The average molecular weight is 252 g/mol. The molecule has 0 aromatic heterocycles. The van der Waals surface area contributed by atoms with Gasteiger partial charge in [-0.2, -0.15) is 5.26 Å². The van der Waals surface area contributed by atoms with Gasteiger partial charge in [0.1, 0.15) is 0 Å². The Hall–Kier alpha value is -3.00. The van der Waals surface area contributed by atoms with Gasteiger partial charge in [0.15, 0.2) is 11.5 Å². The fraction of sp³-hybridized carbons (Fsp3) is 0. The van der Waals surface area contributed by atoms with Crippen molar-refractivity contribution in [3.05, 3.63) is 47.5 Å². The van der Waals surface area contributed by atoms with E-state index in [4.69, 9.17) is 10.00 Å². The number of carboxylic acid groups (broad SMARTS) is 1. The Morgan fingerprint density at radius 3 is 2.79 bits per heavy atom. The van der Waals surface area contributed by atoms with Gasteiger partial charge in [0, 0.05) is 6.07 Å². The maximum atomic E-state index is 11.2. The van der Waals surface area contributed by atoms with E-state index in [1.54, 1.807) is 12.1 Å². The smallest absolute Gasteiger partial charge is 0.338 e. The molecular formula is C14H8N2O3. The fourth-order valence-corrected chi connectivity index (χ4v) is 1.97. The molecule has 1 aliphatic heterocycles. The Balaban J connectivity index is 2.20. The second-order valence-corrected chi connectivity index (χ2v) is 4.04. The van der Waals surface area contributed by atoms with E-state index in [9.17, 15) is 9.90 Å². The van der Waals surface area contributed by atoms with Crippen molar-refractivity contribution >= 4 is 17.3 Å². The first-order valence-corrected chi connectivity index (χ1v) is 5.54. The summed E-state index contributed by atoms with van der Waals surface area (Å²) in [5, 5.41) is 21.2. The number of carbonyl (C=O) groups is 1. The summed E-state index contributed by atoms with van der Waals surface area (Å²) in [6.07, 6.45) is 0. The number of nitrogens with one attached hydrogen (secondary N) is 1. The molecule has 0 amide bonds. The van der Waals surface area contributed by atoms with E-state index in [0.29, 0.717) is 22.9 Å². The van der Waals surface area contributed by atoms with Crippen molar-refractivity contribution in [2.24, 2.45) is 0 Å². The van der Waals surface area contributed by atoms with E-state index in [-0.39, 0.29) is 11.1 Å². The Kier molecular flexibility index (Phi) is 2.36. The molecule has 2 N–H and O–H groups in total. The largest absolute Gasteiger partial charge is 0.478 e. The van der Waals surface area contributed by atoms with Crippen LogP contribution in [0.4, 0.5) is 11.4 Å². The molecule has 0 unspecified atom stereocenters. The van der Waals surface area contributed by atoms with Crippen LogP contribution in [0.15, 0.2) is 36.4 Å². The molecule has 92 valence electrons. The van der Waals surface area contributed by atoms with Crippen molar-refractivity contribution in [3.8, 4) is 17.6 Å². The minimum absolute atomic E-state index is 0.0172. The van der Waals surface area contributed by atoms with Crippen LogP contribution in [0.5, 0.6) is 11.5 Å². The third kappa shape index (κ3) is 1.76. The van der Waals surface area contributed by atoms with Gasteiger partial charge in [-0.15, -0.1) is 0 Å². The lowest BCUT2D eigenvalue weighted by Gasteiger charge is -2.23. The summed E-state index contributed by atoms with van der Waals surface area (Å²) in [5.74, 6) is -0.166. The molecule has 0 atom stereocenters. The van der Waals surface area contributed by atoms with Crippen LogP contribution in [0.3, 0.4) is 0 Å². The number of aromatic carboxylic acids is 1. The third-order valence-electron chi connectivity index (χ3n) is 2.83. The number of ether oxygens (including phenoxy) is 1. The van der Waals surface area contributed by atoms with Crippen molar-refractivity contribution < 1.29 is 14.6 Å². The fourth-order valence-electron chi connectivity index (χ4n) is 1.97. The number of fused-ring (bicyclic) bond motifs is 2. The van der Waals surface area contributed by atoms with Crippen LogP contribution in [0.1, 0.15) is 15.9 Å². The first-order chi connectivity index (χ1) is 9.19. The average Bonchev–Trinajstić information content (AvgIpc) is 2.43. The lowest BCUT2D eigenvalue weighted by atomic mass is 10.1. The van der Waals surface area contributed by atoms with E-state index in [1.165, 1.54) is 12.1 Å². The van der Waals surface area contributed by atoms with Crippen LogP contribution < -0.4 is 10.1 Å². The predicted molar refractivity (Wildman–Crippen MR) is 67.9 cm³/mol. The highest BCUT2D eigenvalue weighted by molar-refractivity contribution is 5.98. The normalized spacial score (nSPS) is 11.3. The van der Waals surface area contributed by atoms with E-state index < -0.39 is 5.97 Å². The third-order valence-corrected chi connectivity index (χ3v) is 2.83. The maximum Gasteiger partial charge on any atom is 0.338 e. The van der Waals surface area contributed by atoms with Crippen molar-refractivity contribution in [2.75, 3.05) is 5.32 Å². The zero-order valence-electron chi connectivity index (χ0n) is 9.68. The van der Waals surface area contributed by atoms with Crippen LogP contribution in [0.25, 0.3) is 0 Å². The van der Waals surface area contributed by atoms with Crippen molar-refractivity contribution in [3.63, 3.8) is 0 Å². The number of carboxylic acids is 1. The van der Waals surface area contributed by atoms with Crippen LogP contribution in [0, 0.1) is 11.3 Å².